The van der Waals surface area contributed by atoms with Crippen LogP contribution in [0.4, 0.5) is 0 Å². The van der Waals surface area contributed by atoms with Gasteiger partial charge in [-0.25, -0.2) is 0 Å². The van der Waals surface area contributed by atoms with Crippen LogP contribution in [0.1, 0.15) is 32.6 Å². The second-order valence-corrected chi connectivity index (χ2v) is 4.30. The molecule has 0 bridgehead atoms. The van der Waals surface area contributed by atoms with Crippen molar-refractivity contribution in [3.63, 3.8) is 0 Å². The molecule has 0 heterocycles. The summed E-state index contributed by atoms with van der Waals surface area (Å²) in [5.41, 5.74) is 0. The minimum atomic E-state index is 1.12. The Morgan fingerprint density at radius 3 is 1.86 bits per heavy atom. The summed E-state index contributed by atoms with van der Waals surface area (Å²) in [5, 5.41) is 0. The number of rotatable bonds is 9. The SMILES string of the molecule is C=CCC[N+](C)(CCC=C)CCCC. The zero-order valence-electron chi connectivity index (χ0n) is 9.97. The number of unbranched alkanes of at least 4 members (excludes halogenated alkanes) is 1. The lowest BCUT2D eigenvalue weighted by atomic mass is 10.2. The first kappa shape index (κ1) is 13.4. The Bertz CT molecular complexity index is 149. The predicted molar refractivity (Wildman–Crippen MR) is 65.3 cm³/mol. The summed E-state index contributed by atoms with van der Waals surface area (Å²) in [6, 6.07) is 0. The fraction of sp³-hybridized carbons (Fsp3) is 0.692. The highest BCUT2D eigenvalue weighted by Gasteiger charge is 2.18. The molecule has 0 aromatic heterocycles. The molecule has 0 saturated carbocycles. The average molecular weight is 196 g/mol. The molecule has 0 aromatic rings. The Kier molecular flexibility index (Phi) is 7.50. The molecular formula is C13H26N+. The van der Waals surface area contributed by atoms with Crippen LogP contribution in [-0.2, 0) is 0 Å². The van der Waals surface area contributed by atoms with Gasteiger partial charge in [0.1, 0.15) is 0 Å². The van der Waals surface area contributed by atoms with Gasteiger partial charge >= 0.3 is 0 Å². The molecule has 0 aliphatic rings. The van der Waals surface area contributed by atoms with E-state index < -0.39 is 0 Å². The van der Waals surface area contributed by atoms with Crippen molar-refractivity contribution in [3.8, 4) is 0 Å². The molecule has 0 atom stereocenters. The fourth-order valence-electron chi connectivity index (χ4n) is 1.68. The molecule has 0 rings (SSSR count). The number of nitrogens with zero attached hydrogens (tertiary/aromatic N) is 1. The third-order valence-electron chi connectivity index (χ3n) is 2.80. The van der Waals surface area contributed by atoms with Gasteiger partial charge in [0.25, 0.3) is 0 Å². The van der Waals surface area contributed by atoms with E-state index in [2.05, 4.69) is 27.1 Å². The van der Waals surface area contributed by atoms with Crippen LogP contribution in [0.25, 0.3) is 0 Å². The molecule has 1 nitrogen and oxygen atoms in total. The number of hydrogen-bond acceptors (Lipinski definition) is 0. The van der Waals surface area contributed by atoms with Gasteiger partial charge in [-0.15, -0.1) is 13.2 Å². The molecule has 0 spiro atoms. The lowest BCUT2D eigenvalue weighted by molar-refractivity contribution is -0.909. The summed E-state index contributed by atoms with van der Waals surface area (Å²) in [6.07, 6.45) is 8.90. The standard InChI is InChI=1S/C13H26N/c1-5-8-11-14(4,12-9-6-2)13-10-7-3/h5-6H,1-2,7-13H2,3-4H3/q+1. The zero-order chi connectivity index (χ0) is 10.9. The molecular weight excluding hydrogens is 170 g/mol. The predicted octanol–water partition coefficient (Wildman–Crippen LogP) is 3.39. The Hall–Kier alpha value is -0.560. The van der Waals surface area contributed by atoms with E-state index in [-0.39, 0.29) is 0 Å². The van der Waals surface area contributed by atoms with Gasteiger partial charge in [-0.1, -0.05) is 25.5 Å². The first-order valence-electron chi connectivity index (χ1n) is 5.74. The molecule has 82 valence electrons. The fourth-order valence-corrected chi connectivity index (χ4v) is 1.68. The van der Waals surface area contributed by atoms with Crippen molar-refractivity contribution in [2.45, 2.75) is 32.6 Å². The van der Waals surface area contributed by atoms with E-state index in [0.717, 1.165) is 12.8 Å². The van der Waals surface area contributed by atoms with Gasteiger partial charge in [0.2, 0.25) is 0 Å². The smallest absolute Gasteiger partial charge is 0.0819 e. The largest absolute Gasteiger partial charge is 0.326 e. The highest BCUT2D eigenvalue weighted by atomic mass is 15.3. The number of quaternary nitrogens is 1. The van der Waals surface area contributed by atoms with Crippen LogP contribution in [0, 0.1) is 0 Å². The minimum Gasteiger partial charge on any atom is -0.326 e. The lowest BCUT2D eigenvalue weighted by Gasteiger charge is -2.34. The molecule has 1 heteroatoms. The van der Waals surface area contributed by atoms with Crippen molar-refractivity contribution in [1.29, 1.82) is 0 Å². The highest BCUT2D eigenvalue weighted by molar-refractivity contribution is 4.68. The average Bonchev–Trinajstić information content (AvgIpc) is 2.21. The second-order valence-electron chi connectivity index (χ2n) is 4.30. The maximum Gasteiger partial charge on any atom is 0.0819 e. The molecule has 0 N–H and O–H groups in total. The first-order chi connectivity index (χ1) is 6.68. The molecule has 0 amide bonds. The number of hydrogen-bond donors (Lipinski definition) is 0. The van der Waals surface area contributed by atoms with Crippen molar-refractivity contribution in [2.75, 3.05) is 26.7 Å². The second kappa shape index (κ2) is 7.81. The van der Waals surface area contributed by atoms with E-state index in [1.54, 1.807) is 0 Å². The molecule has 0 fully saturated rings. The van der Waals surface area contributed by atoms with Crippen LogP contribution in [-0.4, -0.2) is 31.2 Å². The Morgan fingerprint density at radius 2 is 1.50 bits per heavy atom. The van der Waals surface area contributed by atoms with Crippen LogP contribution >= 0.6 is 0 Å². The van der Waals surface area contributed by atoms with Crippen molar-refractivity contribution in [2.24, 2.45) is 0 Å². The van der Waals surface area contributed by atoms with E-state index in [4.69, 9.17) is 0 Å². The first-order valence-corrected chi connectivity index (χ1v) is 5.74. The third kappa shape index (κ3) is 5.98. The van der Waals surface area contributed by atoms with Gasteiger partial charge in [-0.2, -0.15) is 0 Å². The van der Waals surface area contributed by atoms with Gasteiger partial charge in [-0.3, -0.25) is 0 Å². The molecule has 0 aliphatic heterocycles. The van der Waals surface area contributed by atoms with Gasteiger partial charge in [0.15, 0.2) is 0 Å². The molecule has 0 aliphatic carbocycles. The summed E-state index contributed by atoms with van der Waals surface area (Å²) in [4.78, 5) is 0. The molecule has 0 radical (unpaired) electrons. The normalized spacial score (nSPS) is 11.3. The Balaban J connectivity index is 4.01. The Morgan fingerprint density at radius 1 is 1.00 bits per heavy atom. The summed E-state index contributed by atoms with van der Waals surface area (Å²) in [6.45, 7) is 13.6. The van der Waals surface area contributed by atoms with E-state index in [0.29, 0.717) is 0 Å². The van der Waals surface area contributed by atoms with Crippen molar-refractivity contribution < 1.29 is 4.48 Å². The summed E-state index contributed by atoms with van der Waals surface area (Å²) < 4.78 is 1.17. The summed E-state index contributed by atoms with van der Waals surface area (Å²) >= 11 is 0. The van der Waals surface area contributed by atoms with Crippen LogP contribution in [0.5, 0.6) is 0 Å². The van der Waals surface area contributed by atoms with Crippen molar-refractivity contribution in [1.82, 2.24) is 0 Å². The van der Waals surface area contributed by atoms with Gasteiger partial charge in [0.05, 0.1) is 26.7 Å². The van der Waals surface area contributed by atoms with E-state index in [9.17, 15) is 0 Å². The van der Waals surface area contributed by atoms with E-state index >= 15 is 0 Å². The van der Waals surface area contributed by atoms with Crippen LogP contribution in [0.3, 0.4) is 0 Å². The van der Waals surface area contributed by atoms with E-state index in [1.165, 1.54) is 37.0 Å². The van der Waals surface area contributed by atoms with Crippen LogP contribution < -0.4 is 0 Å². The molecule has 0 saturated heterocycles. The maximum absolute atomic E-state index is 3.79. The van der Waals surface area contributed by atoms with E-state index in [1.807, 2.05) is 12.2 Å². The topological polar surface area (TPSA) is 0 Å². The zero-order valence-corrected chi connectivity index (χ0v) is 9.97. The van der Waals surface area contributed by atoms with Gasteiger partial charge in [0, 0.05) is 12.8 Å². The van der Waals surface area contributed by atoms with Crippen LogP contribution in [0.2, 0.25) is 0 Å². The van der Waals surface area contributed by atoms with Crippen molar-refractivity contribution >= 4 is 0 Å². The Labute approximate surface area is 89.7 Å². The van der Waals surface area contributed by atoms with Gasteiger partial charge in [-0.05, 0) is 6.42 Å². The highest BCUT2D eigenvalue weighted by Crippen LogP contribution is 2.09. The maximum atomic E-state index is 3.79. The van der Waals surface area contributed by atoms with Crippen molar-refractivity contribution in [3.05, 3.63) is 25.3 Å². The third-order valence-corrected chi connectivity index (χ3v) is 2.80. The van der Waals surface area contributed by atoms with Crippen LogP contribution in [0.15, 0.2) is 25.3 Å². The lowest BCUT2D eigenvalue weighted by Crippen LogP contribution is -2.46. The molecule has 0 unspecified atom stereocenters. The molecule has 0 aromatic carbocycles. The van der Waals surface area contributed by atoms with Gasteiger partial charge < -0.3 is 4.48 Å². The summed E-state index contributed by atoms with van der Waals surface area (Å²) in [5.74, 6) is 0. The monoisotopic (exact) mass is 196 g/mol. The summed E-state index contributed by atoms with van der Waals surface area (Å²) in [7, 11) is 2.35. The minimum absolute atomic E-state index is 1.12. The quantitative estimate of drug-likeness (QED) is 0.392. The molecule has 14 heavy (non-hydrogen) atoms.